The lowest BCUT2D eigenvalue weighted by Gasteiger charge is -2.29. The van der Waals surface area contributed by atoms with Gasteiger partial charge in [-0.25, -0.2) is 8.42 Å². The molecule has 1 N–H and O–H groups in total. The van der Waals surface area contributed by atoms with Crippen molar-refractivity contribution in [1.82, 2.24) is 9.88 Å². The van der Waals surface area contributed by atoms with Gasteiger partial charge in [-0.2, -0.15) is 0 Å². The average Bonchev–Trinajstić information content (AvgIpc) is 3.19. The molecule has 2 aliphatic heterocycles. The molecule has 0 radical (unpaired) electrons. The molecule has 2 fully saturated rings. The predicted molar refractivity (Wildman–Crippen MR) is 102 cm³/mol. The molecule has 2 saturated heterocycles. The van der Waals surface area contributed by atoms with Gasteiger partial charge in [-0.15, -0.1) is 0 Å². The summed E-state index contributed by atoms with van der Waals surface area (Å²) in [5.74, 6) is -2.12. The van der Waals surface area contributed by atoms with E-state index in [0.717, 1.165) is 0 Å². The number of nitrogens with zero attached hydrogens (tertiary/aromatic N) is 2. The van der Waals surface area contributed by atoms with Crippen molar-refractivity contribution in [3.63, 3.8) is 0 Å². The molecule has 1 aromatic carbocycles. The molecule has 3 heterocycles. The molecule has 4 rings (SSSR count). The molecule has 28 heavy (non-hydrogen) atoms. The van der Waals surface area contributed by atoms with Crippen molar-refractivity contribution >= 4 is 27.3 Å². The van der Waals surface area contributed by atoms with Crippen LogP contribution >= 0.6 is 0 Å². The summed E-state index contributed by atoms with van der Waals surface area (Å²) in [6.45, 7) is 0. The van der Waals surface area contributed by atoms with E-state index in [1.165, 1.54) is 11.1 Å². The monoisotopic (exact) mass is 398 g/mol. The Balaban J connectivity index is 1.88. The van der Waals surface area contributed by atoms with E-state index in [-0.39, 0.29) is 29.3 Å². The van der Waals surface area contributed by atoms with E-state index in [0.29, 0.717) is 11.1 Å². The van der Waals surface area contributed by atoms with Crippen LogP contribution in [0.4, 0.5) is 0 Å². The van der Waals surface area contributed by atoms with Gasteiger partial charge < -0.3 is 10.0 Å². The maximum atomic E-state index is 12.9. The van der Waals surface area contributed by atoms with Crippen molar-refractivity contribution in [1.29, 1.82) is 0 Å². The fourth-order valence-electron chi connectivity index (χ4n) is 3.84. The molecule has 1 aromatic heterocycles. The van der Waals surface area contributed by atoms with Crippen molar-refractivity contribution in [2.75, 3.05) is 11.5 Å². The second-order valence-corrected chi connectivity index (χ2v) is 9.14. The number of hydrogen-bond acceptors (Lipinski definition) is 6. The Morgan fingerprint density at radius 3 is 2.46 bits per heavy atom. The second-order valence-electron chi connectivity index (χ2n) is 6.92. The van der Waals surface area contributed by atoms with Crippen molar-refractivity contribution in [3.05, 3.63) is 71.6 Å². The van der Waals surface area contributed by atoms with Gasteiger partial charge in [0.25, 0.3) is 11.7 Å². The number of amides is 1. The second kappa shape index (κ2) is 6.87. The quantitative estimate of drug-likeness (QED) is 0.479. The standard InChI is InChI=1S/C20H18N2O5S/c23-18(13-5-2-1-3-6-13)16-17(14-7-4-9-21-11-14)22(20(25)19(16)24)15-8-10-28(26,27)12-15/h1-7,9,11,15,17,23H,8,10,12H2/b18-16+/t15-,17-/m1/s1. The smallest absolute Gasteiger partial charge is 0.295 e. The molecular weight excluding hydrogens is 380 g/mol. The Labute approximate surface area is 162 Å². The zero-order chi connectivity index (χ0) is 19.9. The van der Waals surface area contributed by atoms with Gasteiger partial charge in [0, 0.05) is 24.0 Å². The molecule has 0 aliphatic carbocycles. The summed E-state index contributed by atoms with van der Waals surface area (Å²) in [4.78, 5) is 31.1. The van der Waals surface area contributed by atoms with Crippen LogP contribution in [0.5, 0.6) is 0 Å². The number of aliphatic hydroxyl groups excluding tert-OH is 1. The summed E-state index contributed by atoms with van der Waals surface area (Å²) in [5, 5.41) is 10.8. The Kier molecular flexibility index (Phi) is 4.50. The molecule has 1 amide bonds. The molecule has 144 valence electrons. The van der Waals surface area contributed by atoms with E-state index >= 15 is 0 Å². The zero-order valence-corrected chi connectivity index (χ0v) is 15.7. The molecule has 2 aliphatic rings. The Morgan fingerprint density at radius 2 is 1.86 bits per heavy atom. The number of likely N-dealkylation sites (tertiary alicyclic amines) is 1. The number of hydrogen-bond donors (Lipinski definition) is 1. The van der Waals surface area contributed by atoms with E-state index in [2.05, 4.69) is 4.98 Å². The fraction of sp³-hybridized carbons (Fsp3) is 0.250. The Bertz CT molecular complexity index is 1060. The van der Waals surface area contributed by atoms with Gasteiger partial charge in [-0.3, -0.25) is 14.6 Å². The third kappa shape index (κ3) is 3.09. The first-order chi connectivity index (χ1) is 13.4. The highest BCUT2D eigenvalue weighted by Gasteiger charge is 2.50. The maximum absolute atomic E-state index is 12.9. The van der Waals surface area contributed by atoms with Gasteiger partial charge in [-0.1, -0.05) is 36.4 Å². The summed E-state index contributed by atoms with van der Waals surface area (Å²) < 4.78 is 23.9. The number of sulfone groups is 1. The van der Waals surface area contributed by atoms with Crippen LogP contribution in [0.3, 0.4) is 0 Å². The number of carbonyl (C=O) groups excluding carboxylic acids is 2. The van der Waals surface area contributed by atoms with Crippen molar-refractivity contribution in [3.8, 4) is 0 Å². The maximum Gasteiger partial charge on any atom is 0.295 e. The van der Waals surface area contributed by atoms with Crippen molar-refractivity contribution < 1.29 is 23.1 Å². The highest BCUT2D eigenvalue weighted by Crippen LogP contribution is 2.41. The van der Waals surface area contributed by atoms with Crippen LogP contribution in [0.2, 0.25) is 0 Å². The number of benzene rings is 1. The lowest BCUT2D eigenvalue weighted by molar-refractivity contribution is -0.141. The summed E-state index contributed by atoms with van der Waals surface area (Å²) in [6, 6.07) is 10.4. The summed E-state index contributed by atoms with van der Waals surface area (Å²) >= 11 is 0. The summed E-state index contributed by atoms with van der Waals surface area (Å²) in [7, 11) is -3.27. The number of ketones is 1. The minimum absolute atomic E-state index is 0.0287. The molecule has 2 aromatic rings. The average molecular weight is 398 g/mol. The predicted octanol–water partition coefficient (Wildman–Crippen LogP) is 1.69. The lowest BCUT2D eigenvalue weighted by Crippen LogP contribution is -2.40. The van der Waals surface area contributed by atoms with Crippen LogP contribution in [0, 0.1) is 0 Å². The fourth-order valence-corrected chi connectivity index (χ4v) is 5.55. The van der Waals surface area contributed by atoms with E-state index in [9.17, 15) is 23.1 Å². The van der Waals surface area contributed by atoms with Crippen LogP contribution in [0.15, 0.2) is 60.4 Å². The van der Waals surface area contributed by atoms with Crippen LogP contribution in [0.1, 0.15) is 23.6 Å². The van der Waals surface area contributed by atoms with Gasteiger partial charge in [-0.05, 0) is 18.1 Å². The molecule has 0 saturated carbocycles. The van der Waals surface area contributed by atoms with Crippen molar-refractivity contribution in [2.24, 2.45) is 0 Å². The normalized spacial score (nSPS) is 25.9. The van der Waals surface area contributed by atoms with Gasteiger partial charge in [0.15, 0.2) is 9.84 Å². The first-order valence-corrected chi connectivity index (χ1v) is 10.7. The first-order valence-electron chi connectivity index (χ1n) is 8.85. The van der Waals surface area contributed by atoms with E-state index in [1.807, 2.05) is 0 Å². The van der Waals surface area contributed by atoms with E-state index in [1.54, 1.807) is 48.7 Å². The lowest BCUT2D eigenvalue weighted by atomic mass is 9.96. The molecule has 8 heteroatoms. The van der Waals surface area contributed by atoms with Gasteiger partial charge in [0.1, 0.15) is 5.76 Å². The molecule has 2 atom stereocenters. The van der Waals surface area contributed by atoms with Gasteiger partial charge in [0.05, 0.1) is 23.1 Å². The zero-order valence-electron chi connectivity index (χ0n) is 14.9. The minimum atomic E-state index is -3.27. The molecule has 7 nitrogen and oxygen atoms in total. The largest absolute Gasteiger partial charge is 0.507 e. The molecule has 0 unspecified atom stereocenters. The van der Waals surface area contributed by atoms with E-state index < -0.39 is 33.6 Å². The molecular formula is C20H18N2O5S. The Morgan fingerprint density at radius 1 is 1.11 bits per heavy atom. The number of rotatable bonds is 3. The number of pyridine rings is 1. The number of Topliss-reactive ketones (excluding diaryl/α,β-unsaturated/α-hetero) is 1. The topological polar surface area (TPSA) is 105 Å². The Hall–Kier alpha value is -3.00. The summed E-state index contributed by atoms with van der Waals surface area (Å²) in [6.07, 6.45) is 3.34. The van der Waals surface area contributed by atoms with Crippen LogP contribution in [-0.2, 0) is 19.4 Å². The molecule has 0 bridgehead atoms. The molecule has 0 spiro atoms. The summed E-state index contributed by atoms with van der Waals surface area (Å²) in [5.41, 5.74) is 0.908. The third-order valence-electron chi connectivity index (χ3n) is 5.13. The van der Waals surface area contributed by atoms with Crippen LogP contribution in [0.25, 0.3) is 5.76 Å². The minimum Gasteiger partial charge on any atom is -0.507 e. The highest BCUT2D eigenvalue weighted by atomic mass is 32.2. The van der Waals surface area contributed by atoms with Gasteiger partial charge in [0.2, 0.25) is 0 Å². The SMILES string of the molecule is O=C1C(=O)N([C@@H]2CCS(=O)(=O)C2)[C@H](c2cccnc2)/C1=C(\O)c1ccccc1. The highest BCUT2D eigenvalue weighted by molar-refractivity contribution is 7.91. The van der Waals surface area contributed by atoms with Crippen LogP contribution < -0.4 is 0 Å². The number of aliphatic hydroxyl groups is 1. The first kappa shape index (κ1) is 18.4. The number of carbonyl (C=O) groups is 2. The third-order valence-corrected chi connectivity index (χ3v) is 6.88. The number of aromatic nitrogens is 1. The van der Waals surface area contributed by atoms with Crippen LogP contribution in [-0.4, -0.2) is 52.6 Å². The van der Waals surface area contributed by atoms with Crippen molar-refractivity contribution in [2.45, 2.75) is 18.5 Å². The van der Waals surface area contributed by atoms with Gasteiger partial charge >= 0.3 is 0 Å². The van der Waals surface area contributed by atoms with E-state index in [4.69, 9.17) is 0 Å².